The van der Waals surface area contributed by atoms with Gasteiger partial charge in [-0.05, 0) is 24.5 Å². The summed E-state index contributed by atoms with van der Waals surface area (Å²) in [5, 5.41) is 1.32. The van der Waals surface area contributed by atoms with Crippen LogP contribution >= 0.6 is 0 Å². The van der Waals surface area contributed by atoms with Crippen molar-refractivity contribution in [2.24, 2.45) is 0 Å². The van der Waals surface area contributed by atoms with Gasteiger partial charge < -0.3 is 14.5 Å². The highest BCUT2D eigenvalue weighted by atomic mass is 16.7. The second-order valence-electron chi connectivity index (χ2n) is 5.74. The summed E-state index contributed by atoms with van der Waals surface area (Å²) in [5.41, 5.74) is 5.28. The molecule has 2 heterocycles. The molecule has 2 aliphatic rings. The van der Waals surface area contributed by atoms with E-state index in [9.17, 15) is 0 Å². The maximum absolute atomic E-state index is 5.78. The van der Waals surface area contributed by atoms with E-state index in [1.54, 1.807) is 0 Å². The summed E-state index contributed by atoms with van der Waals surface area (Å²) in [4.78, 5) is 3.41. The van der Waals surface area contributed by atoms with Crippen LogP contribution in [0, 0.1) is 6.92 Å². The highest BCUT2D eigenvalue weighted by Crippen LogP contribution is 2.40. The van der Waals surface area contributed by atoms with Gasteiger partial charge in [-0.15, -0.1) is 0 Å². The van der Waals surface area contributed by atoms with Gasteiger partial charge in [-0.2, -0.15) is 0 Å². The van der Waals surface area contributed by atoms with Crippen LogP contribution in [0.1, 0.15) is 30.4 Å². The van der Waals surface area contributed by atoms with Gasteiger partial charge in [-0.3, -0.25) is 0 Å². The van der Waals surface area contributed by atoms with Crippen molar-refractivity contribution in [2.75, 3.05) is 13.2 Å². The molecule has 20 heavy (non-hydrogen) atoms. The number of ether oxygens (including phenoxy) is 2. The van der Waals surface area contributed by atoms with E-state index in [2.05, 4.69) is 42.4 Å². The molecule has 0 atom stereocenters. The Morgan fingerprint density at radius 3 is 2.80 bits per heavy atom. The molecule has 0 bridgehead atoms. The van der Waals surface area contributed by atoms with E-state index in [0.717, 1.165) is 32.5 Å². The molecule has 0 saturated carbocycles. The number of allylic oxidation sites excluding steroid dienone is 1. The third-order valence-electron chi connectivity index (χ3n) is 4.52. The van der Waals surface area contributed by atoms with Crippen molar-refractivity contribution in [1.29, 1.82) is 0 Å². The molecular formula is C17H19NO2. The van der Waals surface area contributed by atoms with Gasteiger partial charge in [0.15, 0.2) is 5.79 Å². The third kappa shape index (κ3) is 1.81. The third-order valence-corrected chi connectivity index (χ3v) is 4.52. The molecule has 0 radical (unpaired) electrons. The summed E-state index contributed by atoms with van der Waals surface area (Å²) < 4.78 is 11.6. The van der Waals surface area contributed by atoms with E-state index in [4.69, 9.17) is 9.47 Å². The average molecular weight is 269 g/mol. The molecule has 1 aromatic heterocycles. The molecule has 3 nitrogen and oxygen atoms in total. The van der Waals surface area contributed by atoms with Gasteiger partial charge in [-0.1, -0.05) is 24.3 Å². The minimum absolute atomic E-state index is 0.328. The number of hydrogen-bond acceptors (Lipinski definition) is 2. The van der Waals surface area contributed by atoms with E-state index >= 15 is 0 Å². The Hall–Kier alpha value is -1.58. The minimum Gasteiger partial charge on any atom is -0.360 e. The predicted molar refractivity (Wildman–Crippen MR) is 79.5 cm³/mol. The Morgan fingerprint density at radius 1 is 1.20 bits per heavy atom. The number of H-pyrrole nitrogens is 1. The zero-order chi connectivity index (χ0) is 13.6. The van der Waals surface area contributed by atoms with Gasteiger partial charge in [0.05, 0.1) is 13.2 Å². The number of aromatic nitrogens is 1. The lowest BCUT2D eigenvalue weighted by Gasteiger charge is -2.30. The Labute approximate surface area is 118 Å². The highest BCUT2D eigenvalue weighted by Gasteiger charge is 2.37. The van der Waals surface area contributed by atoms with Crippen molar-refractivity contribution in [2.45, 2.75) is 32.0 Å². The van der Waals surface area contributed by atoms with Crippen molar-refractivity contribution < 1.29 is 9.47 Å². The monoisotopic (exact) mass is 269 g/mol. The van der Waals surface area contributed by atoms with E-state index in [0.29, 0.717) is 0 Å². The lowest BCUT2D eigenvalue weighted by molar-refractivity contribution is -0.159. The second-order valence-corrected chi connectivity index (χ2v) is 5.74. The van der Waals surface area contributed by atoms with Crippen molar-refractivity contribution in [1.82, 2.24) is 4.98 Å². The SMILES string of the molecule is Cc1cccc2c(C3=CCC4(CC3)OCCO4)c[nH]c12. The largest absolute Gasteiger partial charge is 0.360 e. The second kappa shape index (κ2) is 4.47. The standard InChI is InChI=1S/C17H19NO2/c1-12-3-2-4-14-15(11-18-16(12)14)13-5-7-17(8-6-13)19-9-10-20-17/h2-5,11,18H,6-10H2,1H3. The summed E-state index contributed by atoms with van der Waals surface area (Å²) in [6, 6.07) is 6.47. The molecule has 1 aliphatic carbocycles. The Morgan fingerprint density at radius 2 is 2.05 bits per heavy atom. The number of nitrogens with one attached hydrogen (secondary N) is 1. The van der Waals surface area contributed by atoms with Gasteiger partial charge in [0.1, 0.15) is 0 Å². The van der Waals surface area contributed by atoms with Crippen molar-refractivity contribution in [3.05, 3.63) is 41.6 Å². The quantitative estimate of drug-likeness (QED) is 0.854. The summed E-state index contributed by atoms with van der Waals surface area (Å²) in [6.45, 7) is 3.61. The molecule has 1 aliphatic heterocycles. The first-order chi connectivity index (χ1) is 9.77. The minimum atomic E-state index is -0.328. The van der Waals surface area contributed by atoms with Crippen LogP contribution in [0.3, 0.4) is 0 Å². The molecule has 1 saturated heterocycles. The van der Waals surface area contributed by atoms with Gasteiger partial charge in [0, 0.05) is 35.5 Å². The maximum Gasteiger partial charge on any atom is 0.172 e. The lowest BCUT2D eigenvalue weighted by Crippen LogP contribution is -2.31. The summed E-state index contributed by atoms with van der Waals surface area (Å²) in [7, 11) is 0. The van der Waals surface area contributed by atoms with Gasteiger partial charge in [0.2, 0.25) is 0 Å². The van der Waals surface area contributed by atoms with Crippen LogP contribution < -0.4 is 0 Å². The lowest BCUT2D eigenvalue weighted by atomic mass is 9.89. The number of benzene rings is 1. The van der Waals surface area contributed by atoms with Gasteiger partial charge in [0.25, 0.3) is 0 Å². The summed E-state index contributed by atoms with van der Waals surface area (Å²) in [5.74, 6) is -0.328. The van der Waals surface area contributed by atoms with Crippen LogP contribution in [-0.4, -0.2) is 24.0 Å². The molecule has 0 amide bonds. The molecule has 4 rings (SSSR count). The summed E-state index contributed by atoms with van der Waals surface area (Å²) in [6.07, 6.45) is 7.26. The summed E-state index contributed by atoms with van der Waals surface area (Å²) >= 11 is 0. The van der Waals surface area contributed by atoms with Crippen LogP contribution in [-0.2, 0) is 9.47 Å². The molecule has 1 spiro atoms. The van der Waals surface area contributed by atoms with E-state index < -0.39 is 0 Å². The molecular weight excluding hydrogens is 250 g/mol. The first kappa shape index (κ1) is 12.2. The molecule has 1 N–H and O–H groups in total. The van der Waals surface area contributed by atoms with Gasteiger partial charge in [-0.25, -0.2) is 0 Å². The zero-order valence-electron chi connectivity index (χ0n) is 11.7. The number of rotatable bonds is 1. The fourth-order valence-electron chi connectivity index (χ4n) is 3.38. The first-order valence-corrected chi connectivity index (χ1v) is 7.31. The van der Waals surface area contributed by atoms with Crippen LogP contribution in [0.5, 0.6) is 0 Å². The Kier molecular flexibility index (Phi) is 2.72. The smallest absolute Gasteiger partial charge is 0.172 e. The fraction of sp³-hybridized carbons (Fsp3) is 0.412. The van der Waals surface area contributed by atoms with Crippen LogP contribution in [0.4, 0.5) is 0 Å². The zero-order valence-corrected chi connectivity index (χ0v) is 11.7. The molecule has 1 fully saturated rings. The van der Waals surface area contributed by atoms with E-state index in [1.807, 2.05) is 0 Å². The molecule has 1 aromatic carbocycles. The van der Waals surface area contributed by atoms with Crippen LogP contribution in [0.2, 0.25) is 0 Å². The van der Waals surface area contributed by atoms with Crippen molar-refractivity contribution in [3.8, 4) is 0 Å². The van der Waals surface area contributed by atoms with E-state index in [-0.39, 0.29) is 5.79 Å². The van der Waals surface area contributed by atoms with Crippen molar-refractivity contribution >= 4 is 16.5 Å². The first-order valence-electron chi connectivity index (χ1n) is 7.31. The molecule has 0 unspecified atom stereocenters. The Balaban J connectivity index is 1.70. The number of para-hydroxylation sites is 1. The number of aromatic amines is 1. The molecule has 104 valence electrons. The number of aryl methyl sites for hydroxylation is 1. The van der Waals surface area contributed by atoms with Crippen LogP contribution in [0.15, 0.2) is 30.5 Å². The van der Waals surface area contributed by atoms with Crippen LogP contribution in [0.25, 0.3) is 16.5 Å². The fourth-order valence-corrected chi connectivity index (χ4v) is 3.38. The molecule has 2 aromatic rings. The normalized spacial score (nSPS) is 21.6. The predicted octanol–water partition coefficient (Wildman–Crippen LogP) is 3.79. The Bertz CT molecular complexity index is 677. The topological polar surface area (TPSA) is 34.2 Å². The maximum atomic E-state index is 5.78. The number of fused-ring (bicyclic) bond motifs is 1. The number of hydrogen-bond donors (Lipinski definition) is 1. The van der Waals surface area contributed by atoms with Crippen molar-refractivity contribution in [3.63, 3.8) is 0 Å². The molecule has 3 heteroatoms. The average Bonchev–Trinajstić information content (AvgIpc) is 3.09. The van der Waals surface area contributed by atoms with E-state index in [1.165, 1.54) is 27.6 Å². The highest BCUT2D eigenvalue weighted by molar-refractivity contribution is 5.94. The van der Waals surface area contributed by atoms with Gasteiger partial charge >= 0.3 is 0 Å².